The topological polar surface area (TPSA) is 73.3 Å². The minimum Gasteiger partial charge on any atom is -0.364 e. The molecule has 0 bridgehead atoms. The summed E-state index contributed by atoms with van der Waals surface area (Å²) in [7, 11) is 0. The third kappa shape index (κ3) is 6.49. The normalized spacial score (nSPS) is 11.3. The number of hydrogen-bond donors (Lipinski definition) is 1. The zero-order chi connectivity index (χ0) is 25.6. The first-order valence-electron chi connectivity index (χ1n) is 11.4. The van der Waals surface area contributed by atoms with Gasteiger partial charge in [0.2, 0.25) is 0 Å². The molecule has 0 fully saturated rings. The summed E-state index contributed by atoms with van der Waals surface area (Å²) < 4.78 is 38.7. The average molecular weight is 488 g/mol. The number of aromatic nitrogens is 2. The van der Waals surface area contributed by atoms with Crippen LogP contribution in [-0.4, -0.2) is 15.9 Å². The quantitative estimate of drug-likeness (QED) is 0.276. The van der Waals surface area contributed by atoms with Gasteiger partial charge in [-0.15, -0.1) is 0 Å². The van der Waals surface area contributed by atoms with E-state index in [4.69, 9.17) is 4.89 Å². The Morgan fingerprint density at radius 1 is 1.09 bits per heavy atom. The van der Waals surface area contributed by atoms with Crippen molar-refractivity contribution in [3.8, 4) is 17.0 Å². The van der Waals surface area contributed by atoms with Crippen LogP contribution >= 0.6 is 0 Å². The molecule has 0 amide bonds. The zero-order valence-corrected chi connectivity index (χ0v) is 20.1. The molecule has 6 nitrogen and oxygen atoms in total. The number of carbonyl (C=O) groups is 1. The predicted molar refractivity (Wildman–Crippen MR) is 127 cm³/mol. The van der Waals surface area contributed by atoms with Gasteiger partial charge in [-0.3, -0.25) is 14.8 Å². The molecule has 0 radical (unpaired) electrons. The number of nitrogens with zero attached hydrogens (tertiary/aromatic N) is 2. The second-order valence-electron chi connectivity index (χ2n) is 8.07. The average Bonchev–Trinajstić information content (AvgIpc) is 2.82. The summed E-state index contributed by atoms with van der Waals surface area (Å²) in [6.45, 7) is 7.68. The van der Waals surface area contributed by atoms with E-state index in [9.17, 15) is 18.0 Å². The number of anilines is 1. The zero-order valence-electron chi connectivity index (χ0n) is 20.1. The number of rotatable bonds is 9. The molecular weight excluding hydrogens is 459 g/mol. The third-order valence-corrected chi connectivity index (χ3v) is 5.54. The number of hydrogen-bond acceptors (Lipinski definition) is 6. The van der Waals surface area contributed by atoms with E-state index in [1.807, 2.05) is 26.8 Å². The minimum absolute atomic E-state index is 0.458. The second-order valence-corrected chi connectivity index (χ2v) is 8.07. The van der Waals surface area contributed by atoms with Gasteiger partial charge < -0.3 is 5.32 Å². The number of carbonyl (C=O) groups excluding carboxylic acids is 1. The Hall–Kier alpha value is -3.62. The van der Waals surface area contributed by atoms with Crippen LogP contribution in [0.25, 0.3) is 11.3 Å². The molecule has 0 atom stereocenters. The Kier molecular flexibility index (Phi) is 8.32. The van der Waals surface area contributed by atoms with E-state index in [1.54, 1.807) is 12.3 Å². The van der Waals surface area contributed by atoms with Crippen molar-refractivity contribution < 1.29 is 27.7 Å². The van der Waals surface area contributed by atoms with Gasteiger partial charge in [0.1, 0.15) is 5.82 Å². The second kappa shape index (κ2) is 11.2. The summed E-state index contributed by atoms with van der Waals surface area (Å²) in [5.74, 6) is 0.518. The lowest BCUT2D eigenvalue weighted by Crippen LogP contribution is -2.10. The van der Waals surface area contributed by atoms with Gasteiger partial charge in [-0.1, -0.05) is 38.5 Å². The van der Waals surface area contributed by atoms with Crippen molar-refractivity contribution in [2.24, 2.45) is 0 Å². The van der Waals surface area contributed by atoms with Crippen molar-refractivity contribution in [1.82, 2.24) is 9.97 Å². The van der Waals surface area contributed by atoms with Gasteiger partial charge in [0, 0.05) is 19.0 Å². The highest BCUT2D eigenvalue weighted by molar-refractivity contribution is 5.65. The van der Waals surface area contributed by atoms with Crippen molar-refractivity contribution in [2.75, 3.05) is 5.32 Å². The van der Waals surface area contributed by atoms with Crippen molar-refractivity contribution in [3.05, 3.63) is 70.5 Å². The first kappa shape index (κ1) is 26.0. The van der Waals surface area contributed by atoms with E-state index in [0.717, 1.165) is 47.4 Å². The predicted octanol–water partition coefficient (Wildman–Crippen LogP) is 6.45. The Morgan fingerprint density at radius 3 is 2.40 bits per heavy atom. The molecule has 3 aromatic rings. The van der Waals surface area contributed by atoms with E-state index >= 15 is 0 Å². The monoisotopic (exact) mass is 487 g/mol. The number of halogens is 3. The van der Waals surface area contributed by atoms with E-state index < -0.39 is 17.7 Å². The molecule has 0 unspecified atom stereocenters. The van der Waals surface area contributed by atoms with Crippen LogP contribution in [0.3, 0.4) is 0 Å². The van der Waals surface area contributed by atoms with Crippen LogP contribution in [0.5, 0.6) is 5.75 Å². The highest BCUT2D eigenvalue weighted by atomic mass is 19.4. The van der Waals surface area contributed by atoms with Crippen molar-refractivity contribution in [1.29, 1.82) is 0 Å². The Balaban J connectivity index is 1.86. The molecule has 1 N–H and O–H groups in total. The molecule has 186 valence electrons. The molecule has 9 heteroatoms. The lowest BCUT2D eigenvalue weighted by molar-refractivity contribution is -0.211. The number of aryl methyl sites for hydroxylation is 1. The fourth-order valence-electron chi connectivity index (χ4n) is 3.77. The molecule has 0 aliphatic rings. The molecule has 0 spiro atoms. The maximum absolute atomic E-state index is 12.9. The fraction of sp³-hybridized carbons (Fsp3) is 0.346. The van der Waals surface area contributed by atoms with Crippen molar-refractivity contribution >= 4 is 11.8 Å². The highest BCUT2D eigenvalue weighted by Crippen LogP contribution is 2.31. The molecular formula is C26H28F3N3O3. The summed E-state index contributed by atoms with van der Waals surface area (Å²) >= 11 is 0. The molecule has 2 aromatic carbocycles. The molecule has 3 rings (SSSR count). The van der Waals surface area contributed by atoms with Gasteiger partial charge >= 0.3 is 12.1 Å². The maximum atomic E-state index is 12.9. The SMILES string of the molecule is CCCc1ncc(-c2ccc(C(F)(F)F)cc2)nc1NCc1ccc(OOC(C)=O)c(C)c1CC. The summed E-state index contributed by atoms with van der Waals surface area (Å²) in [5.41, 5.74) is 4.04. The lowest BCUT2D eigenvalue weighted by atomic mass is 9.98. The standard InChI is InChI=1S/C26H28F3N3O3/c1-5-7-22-25(32-23(15-30-22)18-8-11-20(12-9-18)26(27,28)29)31-14-19-10-13-24(35-34-17(4)33)16(3)21(19)6-2/h8-13,15H,5-7,14H2,1-4H3,(H,31,32). The van der Waals surface area contributed by atoms with Crippen LogP contribution in [0.15, 0.2) is 42.6 Å². The largest absolute Gasteiger partial charge is 0.416 e. The molecule has 1 aromatic heterocycles. The van der Waals surface area contributed by atoms with E-state index in [0.29, 0.717) is 35.8 Å². The summed E-state index contributed by atoms with van der Waals surface area (Å²) in [6.07, 6.45) is -0.501. The van der Waals surface area contributed by atoms with E-state index in [1.165, 1.54) is 19.1 Å². The van der Waals surface area contributed by atoms with Gasteiger partial charge in [-0.25, -0.2) is 9.78 Å². The molecule has 35 heavy (non-hydrogen) atoms. The molecule has 1 heterocycles. The summed E-state index contributed by atoms with van der Waals surface area (Å²) in [6, 6.07) is 8.52. The number of alkyl halides is 3. The van der Waals surface area contributed by atoms with Crippen LogP contribution in [-0.2, 0) is 35.2 Å². The molecule has 0 aliphatic carbocycles. The molecule has 0 saturated carbocycles. The van der Waals surface area contributed by atoms with Crippen LogP contribution < -0.4 is 10.2 Å². The third-order valence-electron chi connectivity index (χ3n) is 5.54. The van der Waals surface area contributed by atoms with Gasteiger partial charge in [-0.2, -0.15) is 13.2 Å². The van der Waals surface area contributed by atoms with Crippen molar-refractivity contribution in [2.45, 2.75) is 59.7 Å². The summed E-state index contributed by atoms with van der Waals surface area (Å²) in [5, 5.41) is 3.35. The van der Waals surface area contributed by atoms with Crippen LogP contribution in [0, 0.1) is 6.92 Å². The van der Waals surface area contributed by atoms with Gasteiger partial charge in [0.15, 0.2) is 5.75 Å². The van der Waals surface area contributed by atoms with E-state index in [-0.39, 0.29) is 0 Å². The lowest BCUT2D eigenvalue weighted by Gasteiger charge is -2.17. The van der Waals surface area contributed by atoms with Crippen LogP contribution in [0.1, 0.15) is 55.1 Å². The Bertz CT molecular complexity index is 1180. The van der Waals surface area contributed by atoms with E-state index in [2.05, 4.69) is 20.2 Å². The van der Waals surface area contributed by atoms with Gasteiger partial charge in [-0.05, 0) is 54.7 Å². The molecule has 0 saturated heterocycles. The summed E-state index contributed by atoms with van der Waals surface area (Å²) in [4.78, 5) is 30.1. The number of benzene rings is 2. The van der Waals surface area contributed by atoms with Crippen molar-refractivity contribution in [3.63, 3.8) is 0 Å². The number of nitrogens with one attached hydrogen (secondary N) is 1. The first-order chi connectivity index (χ1) is 16.6. The maximum Gasteiger partial charge on any atom is 0.416 e. The minimum atomic E-state index is -4.39. The van der Waals surface area contributed by atoms with Gasteiger partial charge in [0.25, 0.3) is 0 Å². The van der Waals surface area contributed by atoms with Crippen LogP contribution in [0.2, 0.25) is 0 Å². The van der Waals surface area contributed by atoms with Gasteiger partial charge in [0.05, 0.1) is 23.1 Å². The highest BCUT2D eigenvalue weighted by Gasteiger charge is 2.30. The fourth-order valence-corrected chi connectivity index (χ4v) is 3.77. The first-order valence-corrected chi connectivity index (χ1v) is 11.4. The molecule has 0 aliphatic heterocycles. The Labute approximate surface area is 202 Å². The Morgan fingerprint density at radius 2 is 1.80 bits per heavy atom. The van der Waals surface area contributed by atoms with Crippen LogP contribution in [0.4, 0.5) is 19.0 Å². The smallest absolute Gasteiger partial charge is 0.364 e.